The van der Waals surface area contributed by atoms with Crippen LogP contribution in [0.25, 0.3) is 0 Å². The summed E-state index contributed by atoms with van der Waals surface area (Å²) < 4.78 is 0. The summed E-state index contributed by atoms with van der Waals surface area (Å²) in [7, 11) is 0. The predicted octanol–water partition coefficient (Wildman–Crippen LogP) is 4.51. The molecule has 1 N–H and O–H groups in total. The van der Waals surface area contributed by atoms with E-state index < -0.39 is 0 Å². The Morgan fingerprint density at radius 1 is 1.09 bits per heavy atom. The largest absolute Gasteiger partial charge is 0.326 e. The van der Waals surface area contributed by atoms with Crippen molar-refractivity contribution < 1.29 is 9.59 Å². The highest BCUT2D eigenvalue weighted by molar-refractivity contribution is 7.98. The highest BCUT2D eigenvalue weighted by Crippen LogP contribution is 2.35. The summed E-state index contributed by atoms with van der Waals surface area (Å²) in [6.07, 6.45) is 0. The van der Waals surface area contributed by atoms with Gasteiger partial charge in [-0.05, 0) is 23.8 Å². The van der Waals surface area contributed by atoms with Crippen LogP contribution in [0.4, 0.5) is 5.69 Å². The summed E-state index contributed by atoms with van der Waals surface area (Å²) in [6, 6.07) is 13.1. The number of hydrogen-bond donors (Lipinski definition) is 1. The minimum Gasteiger partial charge on any atom is -0.326 e. The molecular weight excluding hydrogens is 294 g/mol. The average Bonchev–Trinajstić information content (AvgIpc) is 2.67. The van der Waals surface area contributed by atoms with Crippen LogP contribution in [0.15, 0.2) is 47.4 Å². The van der Waals surface area contributed by atoms with Crippen molar-refractivity contribution in [1.82, 2.24) is 0 Å². The van der Waals surface area contributed by atoms with E-state index >= 15 is 0 Å². The molecule has 0 aromatic heterocycles. The zero-order chi connectivity index (χ0) is 16.1. The van der Waals surface area contributed by atoms with Gasteiger partial charge in [0.2, 0.25) is 5.91 Å². The molecule has 0 saturated carbocycles. The molecule has 3 nitrogen and oxygen atoms in total. The number of carbonyl (C=O) groups is 2. The number of nitrogens with one attached hydrogen (secondary N) is 1. The van der Waals surface area contributed by atoms with Crippen LogP contribution < -0.4 is 5.32 Å². The Morgan fingerprint density at radius 3 is 2.55 bits per heavy atom. The number of amides is 1. The molecule has 0 saturated heterocycles. The van der Waals surface area contributed by atoms with Crippen molar-refractivity contribution in [3.63, 3.8) is 0 Å². The Balaban J connectivity index is 0.000000847. The molecule has 0 unspecified atom stereocenters. The first-order valence-corrected chi connectivity index (χ1v) is 8.31. The average molecular weight is 313 g/mol. The zero-order valence-corrected chi connectivity index (χ0v) is 13.8. The number of thioether (sulfide) groups is 1. The van der Waals surface area contributed by atoms with Crippen LogP contribution in [0.3, 0.4) is 0 Å². The third-order valence-corrected chi connectivity index (χ3v) is 4.30. The summed E-state index contributed by atoms with van der Waals surface area (Å²) in [5.74, 6) is 0.700. The van der Waals surface area contributed by atoms with Gasteiger partial charge in [0.25, 0.3) is 0 Å². The smallest absolute Gasteiger partial charge is 0.221 e. The van der Waals surface area contributed by atoms with Gasteiger partial charge < -0.3 is 5.32 Å². The first kappa shape index (κ1) is 16.3. The van der Waals surface area contributed by atoms with E-state index in [0.29, 0.717) is 5.56 Å². The van der Waals surface area contributed by atoms with E-state index in [1.807, 2.05) is 44.2 Å². The van der Waals surface area contributed by atoms with Gasteiger partial charge in [-0.1, -0.05) is 38.1 Å². The molecule has 114 valence electrons. The van der Waals surface area contributed by atoms with Gasteiger partial charge in [-0.2, -0.15) is 0 Å². The van der Waals surface area contributed by atoms with Crippen molar-refractivity contribution in [1.29, 1.82) is 0 Å². The monoisotopic (exact) mass is 313 g/mol. The summed E-state index contributed by atoms with van der Waals surface area (Å²) in [5, 5.41) is 2.75. The summed E-state index contributed by atoms with van der Waals surface area (Å²) >= 11 is 1.63. The SMILES string of the molecule is CC.CC(=O)Nc1ccc2c(c1)SCc1ccccc1C2=O. The van der Waals surface area contributed by atoms with E-state index in [9.17, 15) is 9.59 Å². The number of carbonyl (C=O) groups excluding carboxylic acids is 2. The second kappa shape index (κ2) is 7.27. The molecule has 0 radical (unpaired) electrons. The molecule has 1 aliphatic heterocycles. The lowest BCUT2D eigenvalue weighted by Crippen LogP contribution is -2.07. The number of anilines is 1. The van der Waals surface area contributed by atoms with Crippen molar-refractivity contribution in [3.8, 4) is 0 Å². The molecule has 0 aliphatic carbocycles. The van der Waals surface area contributed by atoms with Crippen LogP contribution in [-0.2, 0) is 10.5 Å². The van der Waals surface area contributed by atoms with Crippen molar-refractivity contribution in [2.75, 3.05) is 5.32 Å². The molecule has 1 amide bonds. The maximum Gasteiger partial charge on any atom is 0.221 e. The summed E-state index contributed by atoms with van der Waals surface area (Å²) in [6.45, 7) is 5.47. The third kappa shape index (κ3) is 3.39. The van der Waals surface area contributed by atoms with Gasteiger partial charge in [-0.25, -0.2) is 0 Å². The van der Waals surface area contributed by atoms with E-state index in [4.69, 9.17) is 0 Å². The van der Waals surface area contributed by atoms with Gasteiger partial charge in [-0.15, -0.1) is 11.8 Å². The van der Waals surface area contributed by atoms with Gasteiger partial charge in [0.15, 0.2) is 5.78 Å². The Hall–Kier alpha value is -2.07. The van der Waals surface area contributed by atoms with E-state index in [1.54, 1.807) is 23.9 Å². The number of hydrogen-bond acceptors (Lipinski definition) is 3. The Labute approximate surface area is 135 Å². The maximum atomic E-state index is 12.6. The second-order valence-corrected chi connectivity index (χ2v) is 5.68. The molecule has 0 fully saturated rings. The standard InChI is InChI=1S/C16H13NO2S.C2H6/c1-10(18)17-12-6-7-14-15(8-12)20-9-11-4-2-3-5-13(11)16(14)19;1-2/h2-8H,9H2,1H3,(H,17,18);1-2H3. The zero-order valence-electron chi connectivity index (χ0n) is 13.0. The number of ketones is 1. The number of fused-ring (bicyclic) bond motifs is 2. The Bertz CT molecular complexity index is 710. The fourth-order valence-corrected chi connectivity index (χ4v) is 3.37. The van der Waals surface area contributed by atoms with Crippen LogP contribution in [0.2, 0.25) is 0 Å². The van der Waals surface area contributed by atoms with Crippen molar-refractivity contribution in [2.24, 2.45) is 0 Å². The molecule has 3 rings (SSSR count). The van der Waals surface area contributed by atoms with Crippen molar-refractivity contribution in [3.05, 3.63) is 59.2 Å². The van der Waals surface area contributed by atoms with Gasteiger partial charge in [0, 0.05) is 34.4 Å². The fraction of sp³-hybridized carbons (Fsp3) is 0.222. The molecule has 0 atom stereocenters. The molecule has 22 heavy (non-hydrogen) atoms. The molecule has 0 bridgehead atoms. The van der Waals surface area contributed by atoms with Crippen LogP contribution >= 0.6 is 11.8 Å². The topological polar surface area (TPSA) is 46.2 Å². The molecule has 0 spiro atoms. The van der Waals surface area contributed by atoms with E-state index in [2.05, 4.69) is 5.32 Å². The summed E-state index contributed by atoms with van der Waals surface area (Å²) in [4.78, 5) is 24.6. The molecule has 1 aliphatic rings. The first-order valence-electron chi connectivity index (χ1n) is 7.32. The lowest BCUT2D eigenvalue weighted by molar-refractivity contribution is -0.114. The normalized spacial score (nSPS) is 12.2. The molecule has 4 heteroatoms. The van der Waals surface area contributed by atoms with Crippen LogP contribution in [-0.4, -0.2) is 11.7 Å². The Kier molecular flexibility index (Phi) is 5.39. The molecular formula is C18H19NO2S. The second-order valence-electron chi connectivity index (χ2n) is 4.67. The lowest BCUT2D eigenvalue weighted by Gasteiger charge is -2.08. The highest BCUT2D eigenvalue weighted by Gasteiger charge is 2.21. The first-order chi connectivity index (χ1) is 10.6. The van der Waals surface area contributed by atoms with Crippen molar-refractivity contribution >= 4 is 29.1 Å². The van der Waals surface area contributed by atoms with E-state index in [0.717, 1.165) is 27.5 Å². The number of rotatable bonds is 1. The van der Waals surface area contributed by atoms with Crippen LogP contribution in [0.1, 0.15) is 42.3 Å². The van der Waals surface area contributed by atoms with Crippen molar-refractivity contribution in [2.45, 2.75) is 31.4 Å². The lowest BCUT2D eigenvalue weighted by atomic mass is 9.99. The van der Waals surface area contributed by atoms with E-state index in [1.165, 1.54) is 6.92 Å². The van der Waals surface area contributed by atoms with Gasteiger partial charge in [-0.3, -0.25) is 9.59 Å². The quantitative estimate of drug-likeness (QED) is 0.842. The summed E-state index contributed by atoms with van der Waals surface area (Å²) in [5.41, 5.74) is 3.25. The minimum absolute atomic E-state index is 0.0509. The maximum absolute atomic E-state index is 12.6. The van der Waals surface area contributed by atoms with Gasteiger partial charge >= 0.3 is 0 Å². The van der Waals surface area contributed by atoms with Crippen LogP contribution in [0, 0.1) is 0 Å². The fourth-order valence-electron chi connectivity index (χ4n) is 2.28. The van der Waals surface area contributed by atoms with Gasteiger partial charge in [0.05, 0.1) is 0 Å². The van der Waals surface area contributed by atoms with E-state index in [-0.39, 0.29) is 11.7 Å². The van der Waals surface area contributed by atoms with Gasteiger partial charge in [0.1, 0.15) is 0 Å². The highest BCUT2D eigenvalue weighted by atomic mass is 32.2. The molecule has 1 heterocycles. The molecule has 2 aromatic carbocycles. The predicted molar refractivity (Wildman–Crippen MR) is 91.5 cm³/mol. The van der Waals surface area contributed by atoms with Crippen LogP contribution in [0.5, 0.6) is 0 Å². The third-order valence-electron chi connectivity index (χ3n) is 3.19. The molecule has 2 aromatic rings. The number of benzene rings is 2. The minimum atomic E-state index is -0.113. The Morgan fingerprint density at radius 2 is 1.82 bits per heavy atom.